The van der Waals surface area contributed by atoms with Crippen LogP contribution >= 0.6 is 0 Å². The minimum absolute atomic E-state index is 0.0296. The van der Waals surface area contributed by atoms with Gasteiger partial charge in [0.2, 0.25) is 11.8 Å². The van der Waals surface area contributed by atoms with Gasteiger partial charge in [0.1, 0.15) is 0 Å². The number of halogens is 2. The molecule has 1 saturated carbocycles. The van der Waals surface area contributed by atoms with Crippen molar-refractivity contribution in [1.82, 2.24) is 14.9 Å². The first-order valence-corrected chi connectivity index (χ1v) is 8.75. The lowest BCUT2D eigenvalue weighted by atomic mass is 9.85. The number of H-pyrrole nitrogens is 1. The molecule has 3 rings (SSSR count). The van der Waals surface area contributed by atoms with Crippen molar-refractivity contribution < 1.29 is 18.3 Å². The van der Waals surface area contributed by atoms with E-state index < -0.39 is 5.92 Å². The zero-order chi connectivity index (χ0) is 17.9. The highest BCUT2D eigenvalue weighted by Gasteiger charge is 2.39. The van der Waals surface area contributed by atoms with E-state index in [4.69, 9.17) is 4.74 Å². The molecule has 2 aliphatic rings. The van der Waals surface area contributed by atoms with Crippen molar-refractivity contribution in [3.05, 3.63) is 28.4 Å². The first-order chi connectivity index (χ1) is 11.9. The molecule has 1 N–H and O–H groups in total. The van der Waals surface area contributed by atoms with Gasteiger partial charge < -0.3 is 14.6 Å². The summed E-state index contributed by atoms with van der Waals surface area (Å²) in [5, 5.41) is 0. The summed E-state index contributed by atoms with van der Waals surface area (Å²) in [4.78, 5) is 32.2. The fourth-order valence-electron chi connectivity index (χ4n) is 3.49. The molecule has 2 heterocycles. The number of carbonyl (C=O) groups excluding carboxylic acids is 1. The average Bonchev–Trinajstić information content (AvgIpc) is 2.60. The zero-order valence-electron chi connectivity index (χ0n) is 14.0. The smallest absolute Gasteiger partial charge is 0.250 e. The van der Waals surface area contributed by atoms with Gasteiger partial charge in [0.25, 0.3) is 5.56 Å². The van der Waals surface area contributed by atoms with Crippen LogP contribution in [0.2, 0.25) is 0 Å². The zero-order valence-corrected chi connectivity index (χ0v) is 14.0. The summed E-state index contributed by atoms with van der Waals surface area (Å²) in [6, 6.07) is 1.45. The SMILES string of the molecule is O=C(C1CCC(F)(F)CC1)N1CCO[C@@H](CCc2cc(=O)[nH]cn2)C1. The fraction of sp³-hybridized carbons (Fsp3) is 0.706. The third-order valence-corrected chi connectivity index (χ3v) is 4.97. The number of hydrogen-bond donors (Lipinski definition) is 1. The lowest BCUT2D eigenvalue weighted by Gasteiger charge is -2.37. The number of aromatic amines is 1. The van der Waals surface area contributed by atoms with Crippen molar-refractivity contribution in [2.24, 2.45) is 5.92 Å². The molecule has 1 atom stereocenters. The molecule has 0 spiro atoms. The van der Waals surface area contributed by atoms with Crippen molar-refractivity contribution in [2.45, 2.75) is 50.6 Å². The molecular weight excluding hydrogens is 332 g/mol. The minimum Gasteiger partial charge on any atom is -0.375 e. The molecule has 1 aromatic rings. The molecular formula is C17H23F2N3O3. The maximum atomic E-state index is 13.3. The second-order valence-electron chi connectivity index (χ2n) is 6.85. The largest absolute Gasteiger partial charge is 0.375 e. The number of morpholine rings is 1. The predicted molar refractivity (Wildman–Crippen MR) is 86.4 cm³/mol. The maximum Gasteiger partial charge on any atom is 0.250 e. The third-order valence-electron chi connectivity index (χ3n) is 4.97. The van der Waals surface area contributed by atoms with Crippen LogP contribution < -0.4 is 5.56 Å². The number of ether oxygens (including phenoxy) is 1. The summed E-state index contributed by atoms with van der Waals surface area (Å²) in [6.45, 7) is 1.42. The van der Waals surface area contributed by atoms with E-state index in [0.29, 0.717) is 38.2 Å². The van der Waals surface area contributed by atoms with Crippen LogP contribution in [-0.4, -0.2) is 52.5 Å². The second kappa shape index (κ2) is 7.59. The Balaban J connectivity index is 1.50. The van der Waals surface area contributed by atoms with Crippen LogP contribution in [0.5, 0.6) is 0 Å². The molecule has 0 unspecified atom stereocenters. The van der Waals surface area contributed by atoms with Gasteiger partial charge in [0.05, 0.1) is 19.0 Å². The molecule has 1 aromatic heterocycles. The van der Waals surface area contributed by atoms with E-state index in [-0.39, 0.29) is 49.2 Å². The Bertz CT molecular complexity index is 655. The van der Waals surface area contributed by atoms with Gasteiger partial charge >= 0.3 is 0 Å². The number of amides is 1. The molecule has 25 heavy (non-hydrogen) atoms. The van der Waals surface area contributed by atoms with Gasteiger partial charge in [-0.15, -0.1) is 0 Å². The lowest BCUT2D eigenvalue weighted by Crippen LogP contribution is -2.48. The number of nitrogens with one attached hydrogen (secondary N) is 1. The molecule has 138 valence electrons. The highest BCUT2D eigenvalue weighted by molar-refractivity contribution is 5.79. The lowest BCUT2D eigenvalue weighted by molar-refractivity contribution is -0.147. The van der Waals surface area contributed by atoms with Gasteiger partial charge in [-0.05, 0) is 25.7 Å². The topological polar surface area (TPSA) is 75.3 Å². The normalized spacial score (nSPS) is 24.2. The Morgan fingerprint density at radius 1 is 1.40 bits per heavy atom. The number of aryl methyl sites for hydroxylation is 1. The summed E-state index contributed by atoms with van der Waals surface area (Å²) >= 11 is 0. The molecule has 1 aliphatic carbocycles. The molecule has 2 fully saturated rings. The van der Waals surface area contributed by atoms with Crippen LogP contribution in [0.3, 0.4) is 0 Å². The van der Waals surface area contributed by atoms with Gasteiger partial charge in [-0.2, -0.15) is 0 Å². The van der Waals surface area contributed by atoms with E-state index in [1.807, 2.05) is 0 Å². The predicted octanol–water partition coefficient (Wildman–Crippen LogP) is 1.76. The summed E-state index contributed by atoms with van der Waals surface area (Å²) in [7, 11) is 0. The molecule has 0 radical (unpaired) electrons. The number of rotatable bonds is 4. The van der Waals surface area contributed by atoms with Crippen molar-refractivity contribution in [3.8, 4) is 0 Å². The highest BCUT2D eigenvalue weighted by atomic mass is 19.3. The van der Waals surface area contributed by atoms with Crippen LogP contribution in [0.15, 0.2) is 17.2 Å². The van der Waals surface area contributed by atoms with Crippen molar-refractivity contribution in [1.29, 1.82) is 0 Å². The molecule has 8 heteroatoms. The Hall–Kier alpha value is -1.83. The highest BCUT2D eigenvalue weighted by Crippen LogP contribution is 2.37. The molecule has 1 amide bonds. The van der Waals surface area contributed by atoms with Crippen molar-refractivity contribution >= 4 is 5.91 Å². The summed E-state index contributed by atoms with van der Waals surface area (Å²) < 4.78 is 32.2. The Morgan fingerprint density at radius 2 is 2.16 bits per heavy atom. The Kier molecular flexibility index (Phi) is 5.46. The van der Waals surface area contributed by atoms with E-state index in [1.165, 1.54) is 12.4 Å². The van der Waals surface area contributed by atoms with E-state index in [0.717, 1.165) is 0 Å². The summed E-state index contributed by atoms with van der Waals surface area (Å²) in [5.41, 5.74) is 0.491. The molecule has 0 bridgehead atoms. The summed E-state index contributed by atoms with van der Waals surface area (Å²) in [5.74, 6) is -2.95. The fourth-order valence-corrected chi connectivity index (χ4v) is 3.49. The van der Waals surface area contributed by atoms with Gasteiger partial charge in [0, 0.05) is 43.6 Å². The minimum atomic E-state index is -2.62. The van der Waals surface area contributed by atoms with Crippen LogP contribution in [0.4, 0.5) is 8.78 Å². The van der Waals surface area contributed by atoms with E-state index in [9.17, 15) is 18.4 Å². The standard InChI is InChI=1S/C17H23F2N3O3/c18-17(19)5-3-12(4-6-17)16(24)22-7-8-25-14(10-22)2-1-13-9-15(23)21-11-20-13/h9,11-12,14H,1-8,10H2,(H,20,21,23)/t14-/m0/s1. The van der Waals surface area contributed by atoms with Gasteiger partial charge in [0.15, 0.2) is 0 Å². The van der Waals surface area contributed by atoms with E-state index >= 15 is 0 Å². The second-order valence-corrected chi connectivity index (χ2v) is 6.85. The number of aromatic nitrogens is 2. The number of carbonyl (C=O) groups is 1. The van der Waals surface area contributed by atoms with Gasteiger partial charge in [-0.1, -0.05) is 0 Å². The molecule has 0 aromatic carbocycles. The molecule has 6 nitrogen and oxygen atoms in total. The van der Waals surface area contributed by atoms with E-state index in [1.54, 1.807) is 4.90 Å². The van der Waals surface area contributed by atoms with Crippen LogP contribution in [0, 0.1) is 5.92 Å². The van der Waals surface area contributed by atoms with Crippen LogP contribution in [-0.2, 0) is 16.0 Å². The Labute approximate surface area is 144 Å². The monoisotopic (exact) mass is 355 g/mol. The van der Waals surface area contributed by atoms with Crippen molar-refractivity contribution in [2.75, 3.05) is 19.7 Å². The summed E-state index contributed by atoms with van der Waals surface area (Å²) in [6.07, 6.45) is 2.60. The molecule has 1 aliphatic heterocycles. The molecule has 1 saturated heterocycles. The number of nitrogens with zero attached hydrogens (tertiary/aromatic N) is 2. The van der Waals surface area contributed by atoms with Gasteiger partial charge in [-0.25, -0.2) is 13.8 Å². The first kappa shape index (κ1) is 18.0. The number of alkyl halides is 2. The van der Waals surface area contributed by atoms with Crippen LogP contribution in [0.25, 0.3) is 0 Å². The third kappa shape index (κ3) is 4.84. The Morgan fingerprint density at radius 3 is 2.88 bits per heavy atom. The van der Waals surface area contributed by atoms with Crippen molar-refractivity contribution in [3.63, 3.8) is 0 Å². The van der Waals surface area contributed by atoms with E-state index in [2.05, 4.69) is 9.97 Å². The maximum absolute atomic E-state index is 13.3. The average molecular weight is 355 g/mol. The number of hydrogen-bond acceptors (Lipinski definition) is 4. The van der Waals surface area contributed by atoms with Crippen LogP contribution in [0.1, 0.15) is 37.8 Å². The van der Waals surface area contributed by atoms with Gasteiger partial charge in [-0.3, -0.25) is 9.59 Å². The first-order valence-electron chi connectivity index (χ1n) is 8.75. The quantitative estimate of drug-likeness (QED) is 0.893.